The SMILES string of the molecule is Nc1ccn(OS(=O)O)c(=O)n1. The third-order valence-corrected chi connectivity index (χ3v) is 1.23. The Bertz CT molecular complexity index is 362. The summed E-state index contributed by atoms with van der Waals surface area (Å²) in [5.41, 5.74) is 4.29. The Morgan fingerprint density at radius 2 is 2.42 bits per heavy atom. The van der Waals surface area contributed by atoms with E-state index in [1.54, 1.807) is 0 Å². The fourth-order valence-corrected chi connectivity index (χ4v) is 0.781. The van der Waals surface area contributed by atoms with Gasteiger partial charge in [0.15, 0.2) is 0 Å². The van der Waals surface area contributed by atoms with E-state index in [2.05, 4.69) is 9.27 Å². The summed E-state index contributed by atoms with van der Waals surface area (Å²) in [4.78, 5) is 14.0. The van der Waals surface area contributed by atoms with Gasteiger partial charge in [0.1, 0.15) is 5.82 Å². The van der Waals surface area contributed by atoms with Gasteiger partial charge in [-0.1, -0.05) is 0 Å². The van der Waals surface area contributed by atoms with Crippen LogP contribution in [0.2, 0.25) is 0 Å². The lowest BCUT2D eigenvalue weighted by molar-refractivity contribution is 0.254. The van der Waals surface area contributed by atoms with Gasteiger partial charge in [-0.2, -0.15) is 9.19 Å². The van der Waals surface area contributed by atoms with Crippen molar-refractivity contribution in [1.29, 1.82) is 0 Å². The first-order valence-electron chi connectivity index (χ1n) is 2.74. The minimum atomic E-state index is -2.55. The number of nitrogens with zero attached hydrogens (tertiary/aromatic N) is 2. The molecule has 0 radical (unpaired) electrons. The quantitative estimate of drug-likeness (QED) is 0.544. The lowest BCUT2D eigenvalue weighted by atomic mass is 10.6. The van der Waals surface area contributed by atoms with Crippen LogP contribution in [0.5, 0.6) is 0 Å². The average Bonchev–Trinajstić information content (AvgIpc) is 1.94. The van der Waals surface area contributed by atoms with Crippen LogP contribution in [0.1, 0.15) is 0 Å². The van der Waals surface area contributed by atoms with Gasteiger partial charge in [-0.3, -0.25) is 8.84 Å². The summed E-state index contributed by atoms with van der Waals surface area (Å²) in [5, 5.41) is 0. The summed E-state index contributed by atoms with van der Waals surface area (Å²) in [5.74, 6) is 0.0172. The highest BCUT2D eigenvalue weighted by atomic mass is 32.2. The van der Waals surface area contributed by atoms with Crippen LogP contribution >= 0.6 is 0 Å². The van der Waals surface area contributed by atoms with Crippen molar-refractivity contribution in [1.82, 2.24) is 9.71 Å². The van der Waals surface area contributed by atoms with Gasteiger partial charge < -0.3 is 5.73 Å². The molecule has 0 fully saturated rings. The molecule has 12 heavy (non-hydrogen) atoms. The zero-order chi connectivity index (χ0) is 9.14. The van der Waals surface area contributed by atoms with E-state index in [9.17, 15) is 9.00 Å². The van der Waals surface area contributed by atoms with Crippen molar-refractivity contribution < 1.29 is 13.0 Å². The summed E-state index contributed by atoms with van der Waals surface area (Å²) in [6, 6.07) is 1.26. The van der Waals surface area contributed by atoms with Crippen molar-refractivity contribution in [3.8, 4) is 0 Å². The topological polar surface area (TPSA) is 107 Å². The summed E-state index contributed by atoms with van der Waals surface area (Å²) < 4.78 is 22.9. The molecular formula is C4H5N3O4S. The monoisotopic (exact) mass is 191 g/mol. The largest absolute Gasteiger partial charge is 0.383 e. The van der Waals surface area contributed by atoms with Crippen LogP contribution < -0.4 is 15.7 Å². The highest BCUT2D eigenvalue weighted by Crippen LogP contribution is 1.87. The van der Waals surface area contributed by atoms with E-state index in [-0.39, 0.29) is 5.82 Å². The molecule has 0 aromatic carbocycles. The summed E-state index contributed by atoms with van der Waals surface area (Å²) in [6.45, 7) is 0. The van der Waals surface area contributed by atoms with Crippen LogP contribution in [0.4, 0.5) is 5.82 Å². The molecule has 1 aromatic rings. The number of nitrogen functional groups attached to an aromatic ring is 1. The van der Waals surface area contributed by atoms with Gasteiger partial charge >= 0.3 is 17.1 Å². The molecule has 0 bridgehead atoms. The lowest BCUT2D eigenvalue weighted by Crippen LogP contribution is -2.29. The van der Waals surface area contributed by atoms with Crippen molar-refractivity contribution in [2.45, 2.75) is 0 Å². The Labute approximate surface area is 69.2 Å². The molecule has 1 unspecified atom stereocenters. The van der Waals surface area contributed by atoms with Crippen LogP contribution in [-0.4, -0.2) is 18.5 Å². The first-order chi connectivity index (χ1) is 5.59. The third-order valence-electron chi connectivity index (χ3n) is 0.938. The number of rotatable bonds is 2. The molecule has 3 N–H and O–H groups in total. The Morgan fingerprint density at radius 1 is 1.75 bits per heavy atom. The molecule has 0 saturated heterocycles. The van der Waals surface area contributed by atoms with Crippen LogP contribution in [-0.2, 0) is 11.4 Å². The lowest BCUT2D eigenvalue weighted by Gasteiger charge is -2.00. The predicted molar refractivity (Wildman–Crippen MR) is 40.3 cm³/mol. The van der Waals surface area contributed by atoms with Crippen LogP contribution in [0.3, 0.4) is 0 Å². The third kappa shape index (κ3) is 2.04. The Morgan fingerprint density at radius 3 is 2.92 bits per heavy atom. The second-order valence-corrected chi connectivity index (χ2v) is 2.34. The van der Waals surface area contributed by atoms with Gasteiger partial charge in [-0.15, -0.1) is 4.73 Å². The second-order valence-electron chi connectivity index (χ2n) is 1.75. The van der Waals surface area contributed by atoms with Gasteiger partial charge in [-0.25, -0.2) is 4.79 Å². The molecule has 1 aromatic heterocycles. The molecule has 0 saturated carbocycles. The molecule has 1 heterocycles. The molecular weight excluding hydrogens is 186 g/mol. The standard InChI is InChI=1S/C4H5N3O4S/c5-3-1-2-7(4(8)6-3)11-12(9)10/h1-2H,(H,9,10)(H2,5,6,8). The fourth-order valence-electron chi connectivity index (χ4n) is 0.530. The number of anilines is 1. The first-order valence-corrected chi connectivity index (χ1v) is 3.77. The van der Waals surface area contributed by atoms with E-state index in [1.807, 2.05) is 0 Å². The van der Waals surface area contributed by atoms with Crippen LogP contribution in [0, 0.1) is 0 Å². The Hall–Kier alpha value is -1.41. The molecule has 0 aliphatic carbocycles. The second kappa shape index (κ2) is 3.32. The normalized spacial score (nSPS) is 12.4. The zero-order valence-corrected chi connectivity index (χ0v) is 6.52. The minimum absolute atomic E-state index is 0.0172. The van der Waals surface area contributed by atoms with Gasteiger partial charge in [0.25, 0.3) is 0 Å². The van der Waals surface area contributed by atoms with Crippen molar-refractivity contribution >= 4 is 17.2 Å². The van der Waals surface area contributed by atoms with E-state index in [0.29, 0.717) is 4.73 Å². The zero-order valence-electron chi connectivity index (χ0n) is 5.71. The molecule has 0 amide bonds. The Balaban J connectivity index is 3.02. The van der Waals surface area contributed by atoms with Crippen molar-refractivity contribution in [3.63, 3.8) is 0 Å². The van der Waals surface area contributed by atoms with Crippen molar-refractivity contribution in [2.24, 2.45) is 0 Å². The number of aromatic nitrogens is 2. The van der Waals surface area contributed by atoms with E-state index in [4.69, 9.17) is 10.3 Å². The van der Waals surface area contributed by atoms with Crippen LogP contribution in [0.15, 0.2) is 17.1 Å². The summed E-state index contributed by atoms with van der Waals surface area (Å²) in [7, 11) is 0. The Kier molecular flexibility index (Phi) is 2.41. The summed E-state index contributed by atoms with van der Waals surface area (Å²) in [6.07, 6.45) is 1.10. The summed E-state index contributed by atoms with van der Waals surface area (Å²) >= 11 is -2.55. The van der Waals surface area contributed by atoms with Gasteiger partial charge in [-0.05, 0) is 0 Å². The van der Waals surface area contributed by atoms with E-state index < -0.39 is 17.1 Å². The predicted octanol–water partition coefficient (Wildman–Crippen LogP) is -1.61. The fraction of sp³-hybridized carbons (Fsp3) is 0. The van der Waals surface area contributed by atoms with Crippen molar-refractivity contribution in [2.75, 3.05) is 5.73 Å². The number of hydrogen-bond acceptors (Lipinski definition) is 5. The molecule has 0 aliphatic rings. The molecule has 1 atom stereocenters. The maximum atomic E-state index is 10.8. The van der Waals surface area contributed by atoms with E-state index in [0.717, 1.165) is 6.20 Å². The van der Waals surface area contributed by atoms with Crippen LogP contribution in [0.25, 0.3) is 0 Å². The maximum Gasteiger partial charge on any atom is 0.383 e. The van der Waals surface area contributed by atoms with Gasteiger partial charge in [0.05, 0.1) is 6.20 Å². The molecule has 7 nitrogen and oxygen atoms in total. The number of nitrogens with two attached hydrogens (primary N) is 1. The molecule has 66 valence electrons. The first kappa shape index (κ1) is 8.68. The molecule has 8 heteroatoms. The molecule has 0 spiro atoms. The maximum absolute atomic E-state index is 10.8. The minimum Gasteiger partial charge on any atom is -0.383 e. The van der Waals surface area contributed by atoms with E-state index in [1.165, 1.54) is 6.07 Å². The van der Waals surface area contributed by atoms with Gasteiger partial charge in [0, 0.05) is 6.07 Å². The highest BCUT2D eigenvalue weighted by molar-refractivity contribution is 7.74. The number of hydrogen-bond donors (Lipinski definition) is 2. The smallest absolute Gasteiger partial charge is 0.383 e. The van der Waals surface area contributed by atoms with Gasteiger partial charge in [0.2, 0.25) is 0 Å². The highest BCUT2D eigenvalue weighted by Gasteiger charge is 2.00. The molecule has 1 rings (SSSR count). The average molecular weight is 191 g/mol. The van der Waals surface area contributed by atoms with E-state index >= 15 is 0 Å². The van der Waals surface area contributed by atoms with Crippen molar-refractivity contribution in [3.05, 3.63) is 22.7 Å². The molecule has 0 aliphatic heterocycles.